The predicted octanol–water partition coefficient (Wildman–Crippen LogP) is 2.20. The Kier molecular flexibility index (Phi) is 5.35. The third kappa shape index (κ3) is 3.89. The molecule has 1 fully saturated rings. The SMILES string of the molecule is COc1ccc([N+](=O)[O-])cc1C(=O)N1CCN(C(=O)c2ccccc2)CC1. The molecule has 1 aliphatic heterocycles. The molecule has 0 unspecified atom stereocenters. The fraction of sp³-hybridized carbons (Fsp3) is 0.263. The van der Waals surface area contributed by atoms with Gasteiger partial charge < -0.3 is 14.5 Å². The number of ether oxygens (including phenoxy) is 1. The van der Waals surface area contributed by atoms with Gasteiger partial charge in [-0.1, -0.05) is 18.2 Å². The molecule has 2 amide bonds. The van der Waals surface area contributed by atoms with Crippen LogP contribution in [0.15, 0.2) is 48.5 Å². The Balaban J connectivity index is 1.71. The molecule has 3 rings (SSSR count). The number of carbonyl (C=O) groups excluding carboxylic acids is 2. The molecule has 0 aromatic heterocycles. The van der Waals surface area contributed by atoms with E-state index in [1.807, 2.05) is 18.2 Å². The van der Waals surface area contributed by atoms with Gasteiger partial charge in [0, 0.05) is 43.9 Å². The van der Waals surface area contributed by atoms with Crippen LogP contribution in [0.3, 0.4) is 0 Å². The minimum Gasteiger partial charge on any atom is -0.496 e. The quantitative estimate of drug-likeness (QED) is 0.608. The molecule has 1 saturated heterocycles. The number of hydrogen-bond donors (Lipinski definition) is 0. The highest BCUT2D eigenvalue weighted by Gasteiger charge is 2.28. The summed E-state index contributed by atoms with van der Waals surface area (Å²) >= 11 is 0. The zero-order valence-corrected chi connectivity index (χ0v) is 14.8. The maximum atomic E-state index is 12.8. The lowest BCUT2D eigenvalue weighted by molar-refractivity contribution is -0.384. The second-order valence-corrected chi connectivity index (χ2v) is 6.09. The Morgan fingerprint density at radius 1 is 0.963 bits per heavy atom. The lowest BCUT2D eigenvalue weighted by atomic mass is 10.1. The molecule has 0 spiro atoms. The van der Waals surface area contributed by atoms with Gasteiger partial charge in [0.1, 0.15) is 5.75 Å². The Morgan fingerprint density at radius 3 is 2.11 bits per heavy atom. The third-order valence-electron chi connectivity index (χ3n) is 4.50. The molecule has 1 aliphatic rings. The van der Waals surface area contributed by atoms with E-state index in [-0.39, 0.29) is 28.8 Å². The van der Waals surface area contributed by atoms with Gasteiger partial charge in [-0.15, -0.1) is 0 Å². The van der Waals surface area contributed by atoms with Gasteiger partial charge in [0.2, 0.25) is 0 Å². The minimum atomic E-state index is -0.549. The fourth-order valence-electron chi connectivity index (χ4n) is 3.02. The molecule has 0 bridgehead atoms. The number of hydrogen-bond acceptors (Lipinski definition) is 5. The van der Waals surface area contributed by atoms with E-state index in [9.17, 15) is 19.7 Å². The summed E-state index contributed by atoms with van der Waals surface area (Å²) < 4.78 is 5.17. The van der Waals surface area contributed by atoms with Crippen LogP contribution < -0.4 is 4.74 Å². The van der Waals surface area contributed by atoms with E-state index in [1.165, 1.54) is 25.3 Å². The average Bonchev–Trinajstić information content (AvgIpc) is 2.73. The number of amides is 2. The molecule has 0 saturated carbocycles. The Labute approximate surface area is 156 Å². The van der Waals surface area contributed by atoms with E-state index in [4.69, 9.17) is 4.74 Å². The molecular weight excluding hydrogens is 350 g/mol. The van der Waals surface area contributed by atoms with Crippen LogP contribution in [-0.4, -0.2) is 59.8 Å². The Morgan fingerprint density at radius 2 is 1.56 bits per heavy atom. The first-order chi connectivity index (χ1) is 13.0. The summed E-state index contributed by atoms with van der Waals surface area (Å²) in [5.41, 5.74) is 0.587. The largest absolute Gasteiger partial charge is 0.496 e. The van der Waals surface area contributed by atoms with E-state index in [0.29, 0.717) is 31.7 Å². The summed E-state index contributed by atoms with van der Waals surface area (Å²) in [6, 6.07) is 12.9. The van der Waals surface area contributed by atoms with Crippen molar-refractivity contribution in [3.8, 4) is 5.75 Å². The van der Waals surface area contributed by atoms with E-state index < -0.39 is 4.92 Å². The first-order valence-corrected chi connectivity index (χ1v) is 8.47. The van der Waals surface area contributed by atoms with Crippen molar-refractivity contribution in [3.63, 3.8) is 0 Å². The van der Waals surface area contributed by atoms with Crippen molar-refractivity contribution in [3.05, 3.63) is 69.8 Å². The number of methoxy groups -OCH3 is 1. The van der Waals surface area contributed by atoms with Crippen LogP contribution in [0.1, 0.15) is 20.7 Å². The Hall–Kier alpha value is -3.42. The maximum Gasteiger partial charge on any atom is 0.270 e. The summed E-state index contributed by atoms with van der Waals surface area (Å²) in [4.78, 5) is 39.0. The van der Waals surface area contributed by atoms with Crippen LogP contribution in [0.2, 0.25) is 0 Å². The second-order valence-electron chi connectivity index (χ2n) is 6.09. The van der Waals surface area contributed by atoms with E-state index in [2.05, 4.69) is 0 Å². The zero-order chi connectivity index (χ0) is 19.4. The van der Waals surface area contributed by atoms with Crippen molar-refractivity contribution >= 4 is 17.5 Å². The van der Waals surface area contributed by atoms with Gasteiger partial charge in [0.15, 0.2) is 0 Å². The van der Waals surface area contributed by atoms with Crippen molar-refractivity contribution in [1.29, 1.82) is 0 Å². The maximum absolute atomic E-state index is 12.8. The summed E-state index contributed by atoms with van der Waals surface area (Å²) in [5.74, 6) is -0.133. The van der Waals surface area contributed by atoms with E-state index in [0.717, 1.165) is 0 Å². The number of rotatable bonds is 4. The minimum absolute atomic E-state index is 0.0735. The van der Waals surface area contributed by atoms with Gasteiger partial charge in [0.25, 0.3) is 17.5 Å². The standard InChI is InChI=1S/C19H19N3O5/c1-27-17-8-7-15(22(25)26)13-16(17)19(24)21-11-9-20(10-12-21)18(23)14-5-3-2-4-6-14/h2-8,13H,9-12H2,1H3. The number of benzene rings is 2. The molecule has 0 N–H and O–H groups in total. The molecule has 0 radical (unpaired) electrons. The Bertz CT molecular complexity index is 861. The highest BCUT2D eigenvalue weighted by atomic mass is 16.6. The van der Waals surface area contributed by atoms with Crippen LogP contribution in [0.25, 0.3) is 0 Å². The number of piperazine rings is 1. The topological polar surface area (TPSA) is 93.0 Å². The van der Waals surface area contributed by atoms with Crippen molar-refractivity contribution in [2.24, 2.45) is 0 Å². The van der Waals surface area contributed by atoms with Crippen molar-refractivity contribution in [2.45, 2.75) is 0 Å². The average molecular weight is 369 g/mol. The lowest BCUT2D eigenvalue weighted by Crippen LogP contribution is -2.50. The number of non-ortho nitro benzene ring substituents is 1. The zero-order valence-electron chi connectivity index (χ0n) is 14.8. The van der Waals surface area contributed by atoms with Crippen molar-refractivity contribution in [1.82, 2.24) is 9.80 Å². The van der Waals surface area contributed by atoms with Crippen molar-refractivity contribution < 1.29 is 19.2 Å². The van der Waals surface area contributed by atoms with Gasteiger partial charge in [-0.25, -0.2) is 0 Å². The summed E-state index contributed by atoms with van der Waals surface area (Å²) in [6.07, 6.45) is 0. The van der Waals surface area contributed by atoms with Crippen LogP contribution >= 0.6 is 0 Å². The fourth-order valence-corrected chi connectivity index (χ4v) is 3.02. The summed E-state index contributed by atoms with van der Waals surface area (Å²) in [7, 11) is 1.41. The molecule has 8 nitrogen and oxygen atoms in total. The molecule has 0 atom stereocenters. The molecule has 27 heavy (non-hydrogen) atoms. The van der Waals surface area contributed by atoms with Crippen LogP contribution in [-0.2, 0) is 0 Å². The highest BCUT2D eigenvalue weighted by molar-refractivity contribution is 5.98. The van der Waals surface area contributed by atoms with Crippen LogP contribution in [0.4, 0.5) is 5.69 Å². The van der Waals surface area contributed by atoms with Crippen LogP contribution in [0, 0.1) is 10.1 Å². The van der Waals surface area contributed by atoms with Gasteiger partial charge in [-0.05, 0) is 18.2 Å². The number of carbonyl (C=O) groups is 2. The normalized spacial score (nSPS) is 14.0. The number of nitrogens with zero attached hydrogens (tertiary/aromatic N) is 3. The highest BCUT2D eigenvalue weighted by Crippen LogP contribution is 2.26. The third-order valence-corrected chi connectivity index (χ3v) is 4.50. The molecule has 0 aliphatic carbocycles. The van der Waals surface area contributed by atoms with Gasteiger partial charge in [-0.2, -0.15) is 0 Å². The molecule has 2 aromatic carbocycles. The smallest absolute Gasteiger partial charge is 0.270 e. The lowest BCUT2D eigenvalue weighted by Gasteiger charge is -2.35. The first-order valence-electron chi connectivity index (χ1n) is 8.47. The molecule has 1 heterocycles. The van der Waals surface area contributed by atoms with Crippen LogP contribution in [0.5, 0.6) is 5.75 Å². The van der Waals surface area contributed by atoms with E-state index in [1.54, 1.807) is 21.9 Å². The van der Waals surface area contributed by atoms with Gasteiger partial charge in [0.05, 0.1) is 17.6 Å². The van der Waals surface area contributed by atoms with Crippen molar-refractivity contribution in [2.75, 3.05) is 33.3 Å². The summed E-state index contributed by atoms with van der Waals surface area (Å²) in [6.45, 7) is 1.50. The molecule has 2 aromatic rings. The molecular formula is C19H19N3O5. The predicted molar refractivity (Wildman–Crippen MR) is 97.9 cm³/mol. The molecule has 140 valence electrons. The number of nitro groups is 1. The van der Waals surface area contributed by atoms with E-state index >= 15 is 0 Å². The molecule has 8 heteroatoms. The first kappa shape index (κ1) is 18.4. The van der Waals surface area contributed by atoms with Gasteiger partial charge in [-0.3, -0.25) is 19.7 Å². The second kappa shape index (κ2) is 7.86. The number of nitro benzene ring substituents is 1. The summed E-state index contributed by atoms with van der Waals surface area (Å²) in [5, 5.41) is 11.0. The monoisotopic (exact) mass is 369 g/mol. The van der Waals surface area contributed by atoms with Gasteiger partial charge >= 0.3 is 0 Å².